The quantitative estimate of drug-likeness (QED) is 0.683. The molecule has 0 N–H and O–H groups in total. The molecule has 1 aromatic rings. The molecule has 1 amide bonds. The van der Waals surface area contributed by atoms with Gasteiger partial charge in [-0.3, -0.25) is 4.79 Å². The largest absolute Gasteiger partial charge is 0.383 e. The van der Waals surface area contributed by atoms with E-state index in [2.05, 4.69) is 6.92 Å². The van der Waals surface area contributed by atoms with E-state index in [0.717, 1.165) is 50.5 Å². The van der Waals surface area contributed by atoms with Gasteiger partial charge in [-0.1, -0.05) is 31.9 Å². The number of rotatable bonds is 8. The summed E-state index contributed by atoms with van der Waals surface area (Å²) in [5.41, 5.74) is 0.981. The van der Waals surface area contributed by atoms with Crippen LogP contribution in [-0.2, 0) is 21.5 Å². The van der Waals surface area contributed by atoms with Gasteiger partial charge in [0.05, 0.1) is 6.26 Å². The Morgan fingerprint density at radius 1 is 1.26 bits per heavy atom. The highest BCUT2D eigenvalue weighted by atomic mass is 32.2. The van der Waals surface area contributed by atoms with Gasteiger partial charge in [0.15, 0.2) is 0 Å². The van der Waals surface area contributed by atoms with Crippen LogP contribution in [0.5, 0.6) is 5.75 Å². The van der Waals surface area contributed by atoms with Gasteiger partial charge in [0, 0.05) is 19.0 Å². The van der Waals surface area contributed by atoms with Crippen LogP contribution < -0.4 is 4.18 Å². The molecule has 1 aliphatic rings. The van der Waals surface area contributed by atoms with Gasteiger partial charge in [0.1, 0.15) is 5.75 Å². The van der Waals surface area contributed by atoms with Gasteiger partial charge in [-0.05, 0) is 37.0 Å². The lowest BCUT2D eigenvalue weighted by Gasteiger charge is -2.32. The fraction of sp³-hybridized carbons (Fsp3) is 0.588. The molecular formula is C17H25NO4S. The Hall–Kier alpha value is -1.56. The highest BCUT2D eigenvalue weighted by Crippen LogP contribution is 2.29. The average Bonchev–Trinajstić information content (AvgIpc) is 2.41. The second-order valence-electron chi connectivity index (χ2n) is 6.17. The first-order chi connectivity index (χ1) is 10.9. The van der Waals surface area contributed by atoms with Crippen molar-refractivity contribution in [3.8, 4) is 5.75 Å². The monoisotopic (exact) mass is 339 g/mol. The summed E-state index contributed by atoms with van der Waals surface area (Å²) in [4.78, 5) is 14.4. The number of amides is 1. The minimum absolute atomic E-state index is 0.194. The number of hydrogen-bond acceptors (Lipinski definition) is 4. The fourth-order valence-electron chi connectivity index (χ4n) is 2.58. The Kier molecular flexibility index (Phi) is 6.04. The molecule has 2 rings (SSSR count). The van der Waals surface area contributed by atoms with E-state index in [-0.39, 0.29) is 11.8 Å². The van der Waals surface area contributed by atoms with E-state index in [1.165, 1.54) is 0 Å². The van der Waals surface area contributed by atoms with Crippen molar-refractivity contribution in [1.82, 2.24) is 4.90 Å². The molecule has 23 heavy (non-hydrogen) atoms. The Bertz CT molecular complexity index is 620. The number of carbonyl (C=O) groups is 1. The lowest BCUT2D eigenvalue weighted by molar-refractivity contribution is -0.138. The summed E-state index contributed by atoms with van der Waals surface area (Å²) in [6, 6.07) is 6.88. The molecule has 1 fully saturated rings. The molecular weight excluding hydrogens is 314 g/mol. The topological polar surface area (TPSA) is 63.7 Å². The van der Waals surface area contributed by atoms with Gasteiger partial charge in [-0.2, -0.15) is 8.42 Å². The van der Waals surface area contributed by atoms with E-state index < -0.39 is 10.1 Å². The lowest BCUT2D eigenvalue weighted by Crippen LogP contribution is -2.39. The highest BCUT2D eigenvalue weighted by Gasteiger charge is 2.29. The lowest BCUT2D eigenvalue weighted by atomic mass is 9.84. The van der Waals surface area contributed by atoms with Crippen LogP contribution >= 0.6 is 0 Å². The SMILES string of the molecule is CCCCN(Cc1ccc(OS(C)(=O)=O)cc1)C(=O)C1CCC1. The second-order valence-corrected chi connectivity index (χ2v) is 7.75. The molecule has 128 valence electrons. The van der Waals surface area contributed by atoms with Gasteiger partial charge >= 0.3 is 10.1 Å². The highest BCUT2D eigenvalue weighted by molar-refractivity contribution is 7.86. The van der Waals surface area contributed by atoms with Crippen LogP contribution in [0.4, 0.5) is 0 Å². The van der Waals surface area contributed by atoms with Gasteiger partial charge in [-0.25, -0.2) is 0 Å². The molecule has 0 spiro atoms. The molecule has 0 aliphatic heterocycles. The van der Waals surface area contributed by atoms with E-state index in [1.54, 1.807) is 12.1 Å². The molecule has 1 aliphatic carbocycles. The maximum absolute atomic E-state index is 12.5. The number of benzene rings is 1. The average molecular weight is 339 g/mol. The predicted molar refractivity (Wildman–Crippen MR) is 89.6 cm³/mol. The normalized spacial score (nSPS) is 15.0. The third-order valence-electron chi connectivity index (χ3n) is 4.09. The predicted octanol–water partition coefficient (Wildman–Crippen LogP) is 2.95. The molecule has 0 saturated heterocycles. The first-order valence-corrected chi connectivity index (χ1v) is 9.98. The van der Waals surface area contributed by atoms with E-state index in [1.807, 2.05) is 17.0 Å². The summed E-state index contributed by atoms with van der Waals surface area (Å²) < 4.78 is 27.1. The maximum atomic E-state index is 12.5. The first kappa shape index (κ1) is 17.8. The maximum Gasteiger partial charge on any atom is 0.306 e. The minimum Gasteiger partial charge on any atom is -0.383 e. The molecule has 0 radical (unpaired) electrons. The van der Waals surface area contributed by atoms with Crippen LogP contribution in [0.3, 0.4) is 0 Å². The van der Waals surface area contributed by atoms with Crippen molar-refractivity contribution in [2.24, 2.45) is 5.92 Å². The number of nitrogens with zero attached hydrogens (tertiary/aromatic N) is 1. The summed E-state index contributed by atoms with van der Waals surface area (Å²) >= 11 is 0. The van der Waals surface area contributed by atoms with Crippen molar-refractivity contribution in [2.45, 2.75) is 45.6 Å². The standard InChI is InChI=1S/C17H25NO4S/c1-3-4-12-18(17(19)15-6-5-7-15)13-14-8-10-16(11-9-14)22-23(2,20)21/h8-11,15H,3-7,12-13H2,1-2H3. The Morgan fingerprint density at radius 3 is 2.39 bits per heavy atom. The summed E-state index contributed by atoms with van der Waals surface area (Å²) in [6.45, 7) is 3.45. The third-order valence-corrected chi connectivity index (χ3v) is 4.59. The van der Waals surface area contributed by atoms with E-state index in [4.69, 9.17) is 4.18 Å². The Labute approximate surface area is 138 Å². The second kappa shape index (κ2) is 7.81. The molecule has 1 aromatic carbocycles. The zero-order chi connectivity index (χ0) is 16.9. The molecule has 0 unspecified atom stereocenters. The minimum atomic E-state index is -3.51. The smallest absolute Gasteiger partial charge is 0.306 e. The van der Waals surface area contributed by atoms with Gasteiger partial charge < -0.3 is 9.08 Å². The fourth-order valence-corrected chi connectivity index (χ4v) is 3.04. The van der Waals surface area contributed by atoms with Crippen LogP contribution in [0.15, 0.2) is 24.3 Å². The number of hydrogen-bond donors (Lipinski definition) is 0. The van der Waals surface area contributed by atoms with Crippen LogP contribution in [-0.4, -0.2) is 32.0 Å². The summed E-state index contributed by atoms with van der Waals surface area (Å²) in [6.07, 6.45) is 6.22. The van der Waals surface area contributed by atoms with Crippen molar-refractivity contribution in [3.63, 3.8) is 0 Å². The van der Waals surface area contributed by atoms with Gasteiger partial charge in [0.2, 0.25) is 5.91 Å². The molecule has 6 heteroatoms. The summed E-state index contributed by atoms with van der Waals surface area (Å²) in [5, 5.41) is 0. The van der Waals surface area contributed by atoms with E-state index >= 15 is 0 Å². The van der Waals surface area contributed by atoms with Crippen LogP contribution in [0.2, 0.25) is 0 Å². The molecule has 0 atom stereocenters. The van der Waals surface area contributed by atoms with E-state index in [9.17, 15) is 13.2 Å². The van der Waals surface area contributed by atoms with Crippen molar-refractivity contribution < 1.29 is 17.4 Å². The molecule has 5 nitrogen and oxygen atoms in total. The van der Waals surface area contributed by atoms with Crippen LogP contribution in [0.25, 0.3) is 0 Å². The van der Waals surface area contributed by atoms with Gasteiger partial charge in [0.25, 0.3) is 0 Å². The molecule has 0 bridgehead atoms. The summed E-state index contributed by atoms with van der Waals surface area (Å²) in [7, 11) is -3.51. The zero-order valence-corrected chi connectivity index (χ0v) is 14.6. The van der Waals surface area contributed by atoms with Gasteiger partial charge in [-0.15, -0.1) is 0 Å². The molecule has 1 saturated carbocycles. The molecule has 0 aromatic heterocycles. The Balaban J connectivity index is 2.01. The zero-order valence-electron chi connectivity index (χ0n) is 13.8. The first-order valence-electron chi connectivity index (χ1n) is 8.16. The van der Waals surface area contributed by atoms with Crippen molar-refractivity contribution in [3.05, 3.63) is 29.8 Å². The number of carbonyl (C=O) groups excluding carboxylic acids is 1. The van der Waals surface area contributed by atoms with E-state index in [0.29, 0.717) is 12.3 Å². The molecule has 0 heterocycles. The van der Waals surface area contributed by atoms with Crippen molar-refractivity contribution in [2.75, 3.05) is 12.8 Å². The van der Waals surface area contributed by atoms with Crippen LogP contribution in [0, 0.1) is 5.92 Å². The Morgan fingerprint density at radius 2 is 1.91 bits per heavy atom. The van der Waals surface area contributed by atoms with Crippen LogP contribution in [0.1, 0.15) is 44.6 Å². The number of unbranched alkanes of at least 4 members (excludes halogenated alkanes) is 1. The summed E-state index contributed by atoms with van der Waals surface area (Å²) in [5.74, 6) is 0.738. The third kappa shape index (κ3) is 5.53. The van der Waals surface area contributed by atoms with Crippen molar-refractivity contribution in [1.29, 1.82) is 0 Å². The van der Waals surface area contributed by atoms with Crippen molar-refractivity contribution >= 4 is 16.0 Å².